The second-order valence-electron chi connectivity index (χ2n) is 9.19. The van der Waals surface area contributed by atoms with Gasteiger partial charge in [-0.15, -0.1) is 10.2 Å². The smallest absolute Gasteiger partial charge is 0.216 e. The summed E-state index contributed by atoms with van der Waals surface area (Å²) in [5.41, 5.74) is 2.95. The number of carbonyl (C=O) groups is 2. The fourth-order valence-corrected chi connectivity index (χ4v) is 5.53. The molecule has 0 aliphatic heterocycles. The van der Waals surface area contributed by atoms with Gasteiger partial charge in [-0.2, -0.15) is 0 Å². The summed E-state index contributed by atoms with van der Waals surface area (Å²) in [6, 6.07) is 15.9. The molecule has 0 unspecified atom stereocenters. The molecule has 0 spiro atoms. The van der Waals surface area contributed by atoms with Gasteiger partial charge >= 0.3 is 0 Å². The Hall–Kier alpha value is -3.13. The van der Waals surface area contributed by atoms with Crippen LogP contribution in [-0.2, 0) is 11.2 Å². The van der Waals surface area contributed by atoms with Crippen molar-refractivity contribution in [1.82, 2.24) is 20.1 Å². The fraction of sp³-hybridized carbons (Fsp3) is 0.429. The molecule has 1 aliphatic rings. The summed E-state index contributed by atoms with van der Waals surface area (Å²) in [6.45, 7) is 2.08. The Morgan fingerprint density at radius 2 is 1.86 bits per heavy atom. The molecule has 1 heterocycles. The maximum absolute atomic E-state index is 13.0. The number of aromatic nitrogens is 3. The highest BCUT2D eigenvalue weighted by Gasteiger charge is 2.18. The zero-order valence-electron chi connectivity index (χ0n) is 21.0. The van der Waals surface area contributed by atoms with Gasteiger partial charge in [0.2, 0.25) is 5.91 Å². The lowest BCUT2D eigenvalue weighted by atomic mass is 9.84. The van der Waals surface area contributed by atoms with E-state index in [4.69, 9.17) is 4.74 Å². The van der Waals surface area contributed by atoms with Crippen molar-refractivity contribution in [2.75, 3.05) is 19.4 Å². The van der Waals surface area contributed by atoms with Crippen LogP contribution in [0.25, 0.3) is 5.69 Å². The van der Waals surface area contributed by atoms with Crippen LogP contribution in [0.2, 0.25) is 0 Å². The van der Waals surface area contributed by atoms with Crippen molar-refractivity contribution in [2.24, 2.45) is 0 Å². The van der Waals surface area contributed by atoms with Gasteiger partial charge in [-0.1, -0.05) is 61.4 Å². The van der Waals surface area contributed by atoms with Gasteiger partial charge < -0.3 is 10.1 Å². The summed E-state index contributed by atoms with van der Waals surface area (Å²) in [6.07, 6.45) is 7.80. The van der Waals surface area contributed by atoms with Crippen LogP contribution < -0.4 is 10.1 Å². The van der Waals surface area contributed by atoms with Crippen molar-refractivity contribution in [1.29, 1.82) is 0 Å². The number of hydrogen-bond donors (Lipinski definition) is 1. The third-order valence-corrected chi connectivity index (χ3v) is 7.53. The van der Waals surface area contributed by atoms with Crippen molar-refractivity contribution in [3.8, 4) is 11.4 Å². The number of aryl methyl sites for hydroxylation is 1. The quantitative estimate of drug-likeness (QED) is 0.214. The first kappa shape index (κ1) is 25.9. The van der Waals surface area contributed by atoms with Gasteiger partial charge in [0.15, 0.2) is 10.9 Å². The first-order valence-corrected chi connectivity index (χ1v) is 13.6. The highest BCUT2D eigenvalue weighted by Crippen LogP contribution is 2.33. The van der Waals surface area contributed by atoms with Crippen molar-refractivity contribution >= 4 is 23.5 Å². The molecule has 1 fully saturated rings. The molecule has 1 amide bonds. The van der Waals surface area contributed by atoms with Crippen LogP contribution in [0.3, 0.4) is 0 Å². The van der Waals surface area contributed by atoms with Crippen molar-refractivity contribution < 1.29 is 14.3 Å². The van der Waals surface area contributed by atoms with E-state index in [1.807, 2.05) is 41.0 Å². The first-order chi connectivity index (χ1) is 17.5. The van der Waals surface area contributed by atoms with Gasteiger partial charge in [0.25, 0.3) is 0 Å². The lowest BCUT2D eigenvalue weighted by Crippen LogP contribution is -2.21. The van der Waals surface area contributed by atoms with Crippen LogP contribution >= 0.6 is 11.8 Å². The minimum atomic E-state index is -0.0502. The third kappa shape index (κ3) is 6.75. The normalized spacial score (nSPS) is 13.9. The maximum atomic E-state index is 13.0. The molecule has 0 saturated heterocycles. The number of thioether (sulfide) groups is 1. The molecule has 7 nitrogen and oxygen atoms in total. The van der Waals surface area contributed by atoms with E-state index in [-0.39, 0.29) is 17.4 Å². The maximum Gasteiger partial charge on any atom is 0.216 e. The summed E-state index contributed by atoms with van der Waals surface area (Å²) in [5, 5.41) is 12.3. The van der Waals surface area contributed by atoms with Gasteiger partial charge in [0.05, 0.1) is 18.6 Å². The Bertz CT molecular complexity index is 1170. The Balaban J connectivity index is 1.46. The number of amides is 1. The van der Waals surface area contributed by atoms with Gasteiger partial charge in [-0.3, -0.25) is 14.2 Å². The van der Waals surface area contributed by atoms with Gasteiger partial charge in [-0.25, -0.2) is 0 Å². The predicted molar refractivity (Wildman–Crippen MR) is 142 cm³/mol. The monoisotopic (exact) mass is 506 g/mol. The minimum absolute atomic E-state index is 0.0502. The fourth-order valence-electron chi connectivity index (χ4n) is 4.67. The zero-order valence-corrected chi connectivity index (χ0v) is 21.9. The van der Waals surface area contributed by atoms with Gasteiger partial charge in [0, 0.05) is 31.5 Å². The zero-order chi connectivity index (χ0) is 25.3. The highest BCUT2D eigenvalue weighted by molar-refractivity contribution is 7.99. The number of rotatable bonds is 11. The average molecular weight is 507 g/mol. The van der Waals surface area contributed by atoms with E-state index in [0.29, 0.717) is 24.0 Å². The van der Waals surface area contributed by atoms with Crippen LogP contribution in [0.4, 0.5) is 0 Å². The minimum Gasteiger partial charge on any atom is -0.497 e. The van der Waals surface area contributed by atoms with E-state index < -0.39 is 0 Å². The Morgan fingerprint density at radius 3 is 2.58 bits per heavy atom. The predicted octanol–water partition coefficient (Wildman–Crippen LogP) is 5.37. The third-order valence-electron chi connectivity index (χ3n) is 6.60. The first-order valence-electron chi connectivity index (χ1n) is 12.6. The molecule has 2 aromatic carbocycles. The van der Waals surface area contributed by atoms with E-state index in [0.717, 1.165) is 29.2 Å². The van der Waals surface area contributed by atoms with Crippen molar-refractivity contribution in [2.45, 2.75) is 62.9 Å². The number of ether oxygens (including phenoxy) is 1. The molecule has 0 bridgehead atoms. The van der Waals surface area contributed by atoms with Crippen LogP contribution in [-0.4, -0.2) is 45.9 Å². The molecule has 4 rings (SSSR count). The molecule has 0 radical (unpaired) electrons. The van der Waals surface area contributed by atoms with E-state index in [1.165, 1.54) is 56.4 Å². The summed E-state index contributed by atoms with van der Waals surface area (Å²) in [5.74, 6) is 2.43. The highest BCUT2D eigenvalue weighted by atomic mass is 32.2. The molecule has 3 aromatic rings. The van der Waals surface area contributed by atoms with Gasteiger partial charge in [0.1, 0.15) is 11.6 Å². The van der Waals surface area contributed by atoms with E-state index in [1.54, 1.807) is 7.11 Å². The number of nitrogens with one attached hydrogen (secondary N) is 1. The summed E-state index contributed by atoms with van der Waals surface area (Å²) in [4.78, 5) is 24.2. The molecule has 1 N–H and O–H groups in total. The number of ketones is 1. The summed E-state index contributed by atoms with van der Waals surface area (Å²) >= 11 is 1.38. The second-order valence-corrected chi connectivity index (χ2v) is 10.1. The lowest BCUT2D eigenvalue weighted by Gasteiger charge is -2.22. The van der Waals surface area contributed by atoms with E-state index in [2.05, 4.69) is 27.6 Å². The Labute approximate surface area is 217 Å². The number of hydrogen-bond acceptors (Lipinski definition) is 6. The molecular weight excluding hydrogens is 472 g/mol. The molecule has 1 aliphatic carbocycles. The van der Waals surface area contributed by atoms with Crippen LogP contribution in [0.15, 0.2) is 53.7 Å². The largest absolute Gasteiger partial charge is 0.497 e. The summed E-state index contributed by atoms with van der Waals surface area (Å²) in [7, 11) is 1.63. The van der Waals surface area contributed by atoms with Crippen LogP contribution in [0.1, 0.15) is 73.1 Å². The van der Waals surface area contributed by atoms with E-state index >= 15 is 0 Å². The molecule has 190 valence electrons. The van der Waals surface area contributed by atoms with Gasteiger partial charge in [-0.05, 0) is 42.9 Å². The van der Waals surface area contributed by atoms with Crippen LogP contribution in [0, 0.1) is 0 Å². The van der Waals surface area contributed by atoms with Crippen molar-refractivity contribution in [3.63, 3.8) is 0 Å². The topological polar surface area (TPSA) is 86.1 Å². The Kier molecular flexibility index (Phi) is 9.17. The standard InChI is InChI=1S/C28H34N4O3S/c1-20(33)29-17-7-12-27-30-31-28(32(27)24-10-6-11-25(18-24)35-2)36-19-26(34)23-15-13-22(14-16-23)21-8-4-3-5-9-21/h6,10-11,13-16,18,21H,3-5,7-9,12,17,19H2,1-2H3,(H,29,33). The molecule has 1 aromatic heterocycles. The number of nitrogens with zero attached hydrogens (tertiary/aromatic N) is 3. The van der Waals surface area contributed by atoms with Crippen LogP contribution in [0.5, 0.6) is 5.75 Å². The summed E-state index contributed by atoms with van der Waals surface area (Å²) < 4.78 is 7.38. The lowest BCUT2D eigenvalue weighted by molar-refractivity contribution is -0.118. The second kappa shape index (κ2) is 12.7. The number of benzene rings is 2. The number of Topliss-reactive ketones (excluding diaryl/α,β-unsaturated/α-hetero) is 1. The molecule has 1 saturated carbocycles. The average Bonchev–Trinajstić information content (AvgIpc) is 3.33. The molecule has 8 heteroatoms. The number of methoxy groups -OCH3 is 1. The number of carbonyl (C=O) groups excluding carboxylic acids is 2. The SMILES string of the molecule is COc1cccc(-n2c(CCCNC(C)=O)nnc2SCC(=O)c2ccc(C3CCCCC3)cc2)c1. The molecule has 0 atom stereocenters. The Morgan fingerprint density at radius 1 is 1.08 bits per heavy atom. The van der Waals surface area contributed by atoms with E-state index in [9.17, 15) is 9.59 Å². The molecule has 36 heavy (non-hydrogen) atoms. The van der Waals surface area contributed by atoms with Crippen molar-refractivity contribution in [3.05, 3.63) is 65.5 Å². The molecular formula is C28H34N4O3S.